The van der Waals surface area contributed by atoms with E-state index in [0.29, 0.717) is 0 Å². The number of halogens is 1. The summed E-state index contributed by atoms with van der Waals surface area (Å²) in [5, 5.41) is 0. The number of rotatable bonds is 4. The second kappa shape index (κ2) is 6.67. The molecule has 0 spiro atoms. The SMILES string of the molecule is CC(=O)c1c(-c2ccccc2)c(-c2ccc(F)cc2)n(C)c1C(C)C. The standard InChI is InChI=1S/C22H22FNO/c1-14(2)21-19(15(3)25)20(16-8-6-5-7-9-16)22(24(21)4)17-10-12-18(23)13-11-17/h5-14H,1-4H3. The van der Waals surface area contributed by atoms with Crippen LogP contribution in [0.3, 0.4) is 0 Å². The van der Waals surface area contributed by atoms with Crippen LogP contribution in [0.15, 0.2) is 54.6 Å². The van der Waals surface area contributed by atoms with E-state index in [1.54, 1.807) is 19.1 Å². The second-order valence-electron chi connectivity index (χ2n) is 6.63. The zero-order valence-corrected chi connectivity index (χ0v) is 15.0. The molecule has 25 heavy (non-hydrogen) atoms. The summed E-state index contributed by atoms with van der Waals surface area (Å²) in [6.07, 6.45) is 0. The lowest BCUT2D eigenvalue weighted by molar-refractivity contribution is 0.101. The number of ketones is 1. The Labute approximate surface area is 147 Å². The van der Waals surface area contributed by atoms with E-state index in [9.17, 15) is 9.18 Å². The van der Waals surface area contributed by atoms with Crippen molar-refractivity contribution in [1.29, 1.82) is 0 Å². The topological polar surface area (TPSA) is 22.0 Å². The van der Waals surface area contributed by atoms with Gasteiger partial charge >= 0.3 is 0 Å². The molecule has 1 heterocycles. The first-order valence-corrected chi connectivity index (χ1v) is 8.46. The third-order valence-electron chi connectivity index (χ3n) is 4.52. The van der Waals surface area contributed by atoms with Crippen molar-refractivity contribution in [3.63, 3.8) is 0 Å². The van der Waals surface area contributed by atoms with Crippen molar-refractivity contribution in [2.75, 3.05) is 0 Å². The third-order valence-corrected chi connectivity index (χ3v) is 4.52. The zero-order valence-electron chi connectivity index (χ0n) is 15.0. The predicted molar refractivity (Wildman–Crippen MR) is 100 cm³/mol. The van der Waals surface area contributed by atoms with Crippen LogP contribution in [0.25, 0.3) is 22.4 Å². The molecule has 0 bridgehead atoms. The van der Waals surface area contributed by atoms with Gasteiger partial charge in [0.15, 0.2) is 5.78 Å². The summed E-state index contributed by atoms with van der Waals surface area (Å²) in [4.78, 5) is 12.5. The fraction of sp³-hybridized carbons (Fsp3) is 0.227. The fourth-order valence-corrected chi connectivity index (χ4v) is 3.57. The number of aromatic nitrogens is 1. The average molecular weight is 335 g/mol. The maximum Gasteiger partial charge on any atom is 0.162 e. The summed E-state index contributed by atoms with van der Waals surface area (Å²) < 4.78 is 15.5. The van der Waals surface area contributed by atoms with Crippen LogP contribution < -0.4 is 0 Å². The van der Waals surface area contributed by atoms with Crippen molar-refractivity contribution in [1.82, 2.24) is 4.57 Å². The highest BCUT2D eigenvalue weighted by Crippen LogP contribution is 2.41. The van der Waals surface area contributed by atoms with E-state index in [1.165, 1.54) is 12.1 Å². The molecule has 0 aliphatic heterocycles. The van der Waals surface area contributed by atoms with E-state index in [4.69, 9.17) is 0 Å². The summed E-state index contributed by atoms with van der Waals surface area (Å²) in [6.45, 7) is 5.79. The molecule has 1 aromatic heterocycles. The van der Waals surface area contributed by atoms with Crippen molar-refractivity contribution < 1.29 is 9.18 Å². The zero-order chi connectivity index (χ0) is 18.1. The van der Waals surface area contributed by atoms with Crippen LogP contribution in [0.4, 0.5) is 4.39 Å². The smallest absolute Gasteiger partial charge is 0.162 e. The van der Waals surface area contributed by atoms with E-state index in [0.717, 1.165) is 33.6 Å². The number of carbonyl (C=O) groups excluding carboxylic acids is 1. The molecule has 0 aliphatic carbocycles. The Morgan fingerprint density at radius 1 is 0.960 bits per heavy atom. The molecule has 0 N–H and O–H groups in total. The van der Waals surface area contributed by atoms with Crippen molar-refractivity contribution in [3.05, 3.63) is 71.7 Å². The van der Waals surface area contributed by atoms with E-state index in [2.05, 4.69) is 18.4 Å². The Hall–Kier alpha value is -2.68. The van der Waals surface area contributed by atoms with Gasteiger partial charge in [-0.1, -0.05) is 44.2 Å². The van der Waals surface area contributed by atoms with E-state index < -0.39 is 0 Å². The van der Waals surface area contributed by atoms with Gasteiger partial charge in [0, 0.05) is 23.9 Å². The van der Waals surface area contributed by atoms with Gasteiger partial charge in [-0.3, -0.25) is 4.79 Å². The Balaban J connectivity index is 2.42. The first-order valence-electron chi connectivity index (χ1n) is 8.46. The minimum atomic E-state index is -0.268. The van der Waals surface area contributed by atoms with Gasteiger partial charge in [-0.15, -0.1) is 0 Å². The maximum atomic E-state index is 13.4. The van der Waals surface area contributed by atoms with Gasteiger partial charge in [0.2, 0.25) is 0 Å². The van der Waals surface area contributed by atoms with Crippen LogP contribution >= 0.6 is 0 Å². The van der Waals surface area contributed by atoms with Gasteiger partial charge in [-0.25, -0.2) is 4.39 Å². The summed E-state index contributed by atoms with van der Waals surface area (Å²) in [5.41, 5.74) is 5.52. The minimum Gasteiger partial charge on any atom is -0.346 e. The average Bonchev–Trinajstić information content (AvgIpc) is 2.90. The Bertz CT molecular complexity index is 905. The molecule has 128 valence electrons. The number of hydrogen-bond acceptors (Lipinski definition) is 1. The van der Waals surface area contributed by atoms with Gasteiger partial charge in [0.1, 0.15) is 5.82 Å². The molecule has 3 aromatic rings. The largest absolute Gasteiger partial charge is 0.346 e. The van der Waals surface area contributed by atoms with Crippen LogP contribution in [-0.2, 0) is 7.05 Å². The molecule has 0 fully saturated rings. The van der Waals surface area contributed by atoms with Gasteiger partial charge in [-0.05, 0) is 48.2 Å². The summed E-state index contributed by atoms with van der Waals surface area (Å²) in [5.74, 6) is -0.0258. The fourth-order valence-electron chi connectivity index (χ4n) is 3.57. The van der Waals surface area contributed by atoms with Crippen LogP contribution in [-0.4, -0.2) is 10.4 Å². The van der Waals surface area contributed by atoms with Gasteiger partial charge in [-0.2, -0.15) is 0 Å². The number of nitrogens with zero attached hydrogens (tertiary/aromatic N) is 1. The summed E-state index contributed by atoms with van der Waals surface area (Å²) in [7, 11) is 1.98. The molecule has 0 saturated heterocycles. The Kier molecular flexibility index (Phi) is 4.58. The molecule has 0 atom stereocenters. The predicted octanol–water partition coefficient (Wildman–Crippen LogP) is 5.82. The second-order valence-corrected chi connectivity index (χ2v) is 6.63. The van der Waals surface area contributed by atoms with Crippen LogP contribution in [0.5, 0.6) is 0 Å². The normalized spacial score (nSPS) is 11.1. The number of hydrogen-bond donors (Lipinski definition) is 0. The first kappa shape index (κ1) is 17.2. The number of benzene rings is 2. The lowest BCUT2D eigenvalue weighted by Crippen LogP contribution is -2.05. The van der Waals surface area contributed by atoms with Gasteiger partial charge < -0.3 is 4.57 Å². The minimum absolute atomic E-state index is 0.0477. The maximum absolute atomic E-state index is 13.4. The van der Waals surface area contributed by atoms with Crippen LogP contribution in [0.2, 0.25) is 0 Å². The van der Waals surface area contributed by atoms with Crippen molar-refractivity contribution >= 4 is 5.78 Å². The summed E-state index contributed by atoms with van der Waals surface area (Å²) in [6, 6.07) is 16.4. The van der Waals surface area contributed by atoms with Crippen LogP contribution in [0, 0.1) is 5.82 Å². The van der Waals surface area contributed by atoms with Crippen LogP contribution in [0.1, 0.15) is 42.7 Å². The highest BCUT2D eigenvalue weighted by atomic mass is 19.1. The number of carbonyl (C=O) groups is 1. The first-order chi connectivity index (χ1) is 11.9. The molecule has 2 nitrogen and oxygen atoms in total. The van der Waals surface area contributed by atoms with E-state index >= 15 is 0 Å². The number of Topliss-reactive ketones (excluding diaryl/α,β-unsaturated/α-hetero) is 1. The molecule has 3 rings (SSSR count). The third kappa shape index (κ3) is 3.02. The van der Waals surface area contributed by atoms with Gasteiger partial charge in [0.25, 0.3) is 0 Å². The molecule has 0 saturated carbocycles. The quantitative estimate of drug-likeness (QED) is 0.550. The lowest BCUT2D eigenvalue weighted by Gasteiger charge is -2.12. The molecule has 0 aliphatic rings. The van der Waals surface area contributed by atoms with Crippen molar-refractivity contribution in [2.24, 2.45) is 7.05 Å². The van der Waals surface area contributed by atoms with Gasteiger partial charge in [0.05, 0.1) is 5.69 Å². The molecular formula is C22H22FNO. The van der Waals surface area contributed by atoms with Crippen molar-refractivity contribution in [3.8, 4) is 22.4 Å². The summed E-state index contributed by atoms with van der Waals surface area (Å²) >= 11 is 0. The molecule has 0 unspecified atom stereocenters. The molecule has 0 radical (unpaired) electrons. The highest BCUT2D eigenvalue weighted by Gasteiger charge is 2.26. The highest BCUT2D eigenvalue weighted by molar-refractivity contribution is 6.06. The lowest BCUT2D eigenvalue weighted by atomic mass is 9.93. The van der Waals surface area contributed by atoms with E-state index in [1.807, 2.05) is 37.4 Å². The molecule has 2 aromatic carbocycles. The monoisotopic (exact) mass is 335 g/mol. The Morgan fingerprint density at radius 2 is 1.56 bits per heavy atom. The molecule has 0 amide bonds. The van der Waals surface area contributed by atoms with Crippen molar-refractivity contribution in [2.45, 2.75) is 26.7 Å². The molecule has 3 heteroatoms. The van der Waals surface area contributed by atoms with E-state index in [-0.39, 0.29) is 17.5 Å². The Morgan fingerprint density at radius 3 is 2.08 bits per heavy atom. The molecular weight excluding hydrogens is 313 g/mol.